The molecule has 0 aliphatic carbocycles. The van der Waals surface area contributed by atoms with Crippen LogP contribution in [0.25, 0.3) is 5.09 Å². The van der Waals surface area contributed by atoms with E-state index < -0.39 is 7.21 Å². The minimum atomic E-state index is -2.06. The monoisotopic (exact) mass is 644 g/mol. The summed E-state index contributed by atoms with van der Waals surface area (Å²) in [5, 5.41) is 7.60. The fraction of sp³-hybridized carbons (Fsp3) is 0.600. The van der Waals surface area contributed by atoms with Crippen molar-refractivity contribution in [2.45, 2.75) is 78.3 Å². The Morgan fingerprint density at radius 1 is 0.600 bits per heavy atom. The zero-order valence-electron chi connectivity index (χ0n) is 25.1. The van der Waals surface area contributed by atoms with Crippen molar-refractivity contribution in [2.24, 2.45) is 4.74 Å². The number of nitrogens with zero attached hydrogens (tertiary/aromatic N) is 2. The molecular weight excluding hydrogens is 597 g/mol. The maximum absolute atomic E-state index is 5.13. The number of hydrogen-bond acceptors (Lipinski definition) is 4. The Kier molecular flexibility index (Phi) is 31.3. The summed E-state index contributed by atoms with van der Waals surface area (Å²) < 4.78 is 20.0. The van der Waals surface area contributed by atoms with E-state index in [0.29, 0.717) is 0 Å². The Labute approximate surface area is 279 Å². The van der Waals surface area contributed by atoms with Crippen molar-refractivity contribution in [2.75, 3.05) is 39.6 Å². The predicted octanol–water partition coefficient (Wildman–Crippen LogP) is -1.66. The van der Waals surface area contributed by atoms with Crippen molar-refractivity contribution >= 4 is 17.8 Å². The summed E-state index contributed by atoms with van der Waals surface area (Å²) in [6.45, 7) is 14.5. The fourth-order valence-corrected chi connectivity index (χ4v) is 7.32. The van der Waals surface area contributed by atoms with E-state index in [0.717, 1.165) is 39.6 Å². The summed E-state index contributed by atoms with van der Waals surface area (Å²) in [5.74, 6) is 0. The summed E-state index contributed by atoms with van der Waals surface area (Å²) >= 11 is 0. The molecule has 5 nitrogen and oxygen atoms in total. The van der Waals surface area contributed by atoms with Gasteiger partial charge >= 0.3 is 36.2 Å². The molecule has 40 heavy (non-hydrogen) atoms. The first-order valence-electron chi connectivity index (χ1n) is 13.7. The Hall–Kier alpha value is 0.220. The van der Waals surface area contributed by atoms with Crippen molar-refractivity contribution in [1.82, 2.24) is 0 Å². The summed E-state index contributed by atoms with van der Waals surface area (Å²) in [6, 6.07) is 21.6. The minimum Gasteiger partial charge on any atom is -1.00 e. The zero-order valence-corrected chi connectivity index (χ0v) is 28.8. The molecule has 0 unspecified atom stereocenters. The van der Waals surface area contributed by atoms with Crippen LogP contribution in [-0.2, 0) is 31.6 Å². The van der Waals surface area contributed by atoms with Crippen molar-refractivity contribution in [3.05, 3.63) is 65.8 Å². The molecule has 2 aromatic carbocycles. The molecular formula is C30H48Cl2CrLiN2O3P. The van der Waals surface area contributed by atoms with Gasteiger partial charge in [-0.1, -0.05) is 81.7 Å². The normalized spacial score (nSPS) is 15.2. The smallest absolute Gasteiger partial charge is 1.00 e. The second kappa shape index (κ2) is 28.0. The Balaban J connectivity index is -0.000000587. The van der Waals surface area contributed by atoms with Gasteiger partial charge in [-0.2, -0.15) is 0 Å². The van der Waals surface area contributed by atoms with Crippen LogP contribution in [0.5, 0.6) is 0 Å². The fourth-order valence-electron chi connectivity index (χ4n) is 3.92. The van der Waals surface area contributed by atoms with E-state index in [1.807, 2.05) is 12.1 Å². The van der Waals surface area contributed by atoms with Crippen LogP contribution in [0.1, 0.15) is 66.2 Å². The van der Waals surface area contributed by atoms with Crippen LogP contribution in [0, 0.1) is 0 Å². The van der Waals surface area contributed by atoms with E-state index in [1.165, 1.54) is 49.1 Å². The molecule has 3 aliphatic rings. The molecule has 0 aromatic heterocycles. The summed E-state index contributed by atoms with van der Waals surface area (Å²) in [5.41, 5.74) is 0. The van der Waals surface area contributed by atoms with Crippen LogP contribution in [0.15, 0.2) is 65.4 Å². The van der Waals surface area contributed by atoms with Crippen molar-refractivity contribution in [1.29, 1.82) is 0 Å². The molecule has 0 atom stereocenters. The maximum atomic E-state index is 5.13. The van der Waals surface area contributed by atoms with Gasteiger partial charge in [0.15, 0.2) is 0 Å². The zero-order chi connectivity index (χ0) is 25.9. The van der Waals surface area contributed by atoms with Gasteiger partial charge in [-0.3, -0.25) is 0 Å². The molecule has 0 spiro atoms. The van der Waals surface area contributed by atoms with Crippen LogP contribution in [0.2, 0.25) is 0 Å². The third-order valence-corrected chi connectivity index (χ3v) is 9.14. The van der Waals surface area contributed by atoms with Crippen LogP contribution in [0.3, 0.4) is 0 Å². The quantitative estimate of drug-likeness (QED) is 0.290. The molecule has 222 valence electrons. The van der Waals surface area contributed by atoms with Gasteiger partial charge in [0.2, 0.25) is 0 Å². The van der Waals surface area contributed by atoms with Gasteiger partial charge in [-0.25, -0.2) is 0 Å². The van der Waals surface area contributed by atoms with Gasteiger partial charge in [-0.15, -0.1) is 6.04 Å². The van der Waals surface area contributed by atoms with Gasteiger partial charge in [0.25, 0.3) is 0 Å². The summed E-state index contributed by atoms with van der Waals surface area (Å²) in [4.78, 5) is 0. The Bertz CT molecular complexity index is 766. The molecule has 3 heterocycles. The van der Waals surface area contributed by atoms with Gasteiger partial charge in [0, 0.05) is 45.7 Å². The largest absolute Gasteiger partial charge is 2.00 e. The van der Waals surface area contributed by atoms with E-state index >= 15 is 0 Å². The van der Waals surface area contributed by atoms with Crippen LogP contribution in [-0.4, -0.2) is 51.7 Å². The van der Waals surface area contributed by atoms with Crippen LogP contribution >= 0.6 is 7.21 Å². The average Bonchev–Trinajstić information content (AvgIpc) is 3.72. The molecule has 0 N–H and O–H groups in total. The van der Waals surface area contributed by atoms with Gasteiger partial charge in [-0.05, 0) is 63.0 Å². The van der Waals surface area contributed by atoms with Crippen molar-refractivity contribution < 1.29 is 75.2 Å². The van der Waals surface area contributed by atoms with E-state index in [1.54, 1.807) is 0 Å². The molecule has 3 saturated heterocycles. The predicted molar refractivity (Wildman–Crippen MR) is 155 cm³/mol. The number of hydrogen-bond donors (Lipinski definition) is 0. The van der Waals surface area contributed by atoms with Gasteiger partial charge in [0.05, 0.1) is 0 Å². The standard InChI is InChI=1S/C18H24N2P.3C4H8O.2ClH.Cr.Li/c1-15(2)19-21(20-16(3)4,17-11-7-5-8-12-17)18-13-9-6-10-14-18;3*1-2-4-5-3-1;;;;/h5-16H,1-4H3;3*1-4H2;2*1H;;/q-1;;;;;;+2;+1/p-2. The van der Waals surface area contributed by atoms with Gasteiger partial charge < -0.3 is 48.9 Å². The SMILES string of the molecule is C1CCOC1.C1CCOC1.C1CCOC1.CC(C)N=P([N-]C(C)C)(c1ccccc1)c1ccccc1.[Cl-].[Cl-].[Cr+2].[Li+]. The molecule has 0 bridgehead atoms. The van der Waals surface area contributed by atoms with Crippen LogP contribution < -0.4 is 54.3 Å². The van der Waals surface area contributed by atoms with Crippen molar-refractivity contribution in [3.8, 4) is 0 Å². The maximum Gasteiger partial charge on any atom is 2.00 e. The van der Waals surface area contributed by atoms with E-state index in [9.17, 15) is 0 Å². The minimum absolute atomic E-state index is 0. The first-order valence-corrected chi connectivity index (χ1v) is 15.4. The molecule has 0 radical (unpaired) electrons. The topological polar surface area (TPSA) is 54.1 Å². The number of benzene rings is 2. The van der Waals surface area contributed by atoms with E-state index in [-0.39, 0.29) is 73.1 Å². The average molecular weight is 646 g/mol. The molecule has 0 saturated carbocycles. The summed E-state index contributed by atoms with van der Waals surface area (Å²) in [7, 11) is -2.06. The molecule has 5 rings (SSSR count). The van der Waals surface area contributed by atoms with E-state index in [4.69, 9.17) is 24.0 Å². The molecule has 10 heteroatoms. The Morgan fingerprint density at radius 3 is 1.10 bits per heavy atom. The van der Waals surface area contributed by atoms with Crippen molar-refractivity contribution in [3.63, 3.8) is 0 Å². The molecule has 0 amide bonds. The first kappa shape index (κ1) is 44.7. The second-order valence-electron chi connectivity index (χ2n) is 9.65. The third kappa shape index (κ3) is 18.7. The number of ether oxygens (including phenoxy) is 3. The van der Waals surface area contributed by atoms with E-state index in [2.05, 4.69) is 76.2 Å². The molecule has 3 fully saturated rings. The van der Waals surface area contributed by atoms with Crippen LogP contribution in [0.4, 0.5) is 0 Å². The molecule has 2 aromatic rings. The third-order valence-electron chi connectivity index (χ3n) is 5.51. The Morgan fingerprint density at radius 2 is 0.900 bits per heavy atom. The first-order chi connectivity index (χ1) is 17.5. The molecule has 3 aliphatic heterocycles. The van der Waals surface area contributed by atoms with Gasteiger partial charge in [0.1, 0.15) is 0 Å². The summed E-state index contributed by atoms with van der Waals surface area (Å²) in [6.07, 6.45) is 7.67. The second-order valence-corrected chi connectivity index (χ2v) is 12.3. The number of rotatable bonds is 5. The number of halogens is 2.